The van der Waals surface area contributed by atoms with Crippen molar-refractivity contribution >= 4 is 0 Å². The van der Waals surface area contributed by atoms with Crippen molar-refractivity contribution in [3.63, 3.8) is 0 Å². The van der Waals surface area contributed by atoms with Crippen LogP contribution in [0.2, 0.25) is 0 Å². The fourth-order valence-electron chi connectivity index (χ4n) is 3.99. The van der Waals surface area contributed by atoms with Crippen molar-refractivity contribution in [1.82, 2.24) is 9.13 Å². The lowest BCUT2D eigenvalue weighted by atomic mass is 9.90. The fraction of sp³-hybridized carbons (Fsp3) is 0.143. The number of benzene rings is 3. The van der Waals surface area contributed by atoms with Crippen LogP contribution in [0.4, 0.5) is 0 Å². The van der Waals surface area contributed by atoms with Crippen LogP contribution in [0.3, 0.4) is 0 Å². The molecule has 4 aromatic rings. The van der Waals surface area contributed by atoms with Gasteiger partial charge in [0.05, 0.1) is 24.8 Å². The predicted octanol–water partition coefficient (Wildman–Crippen LogP) is 4.11. The van der Waals surface area contributed by atoms with Crippen LogP contribution < -0.4 is 11.2 Å². The van der Waals surface area contributed by atoms with Gasteiger partial charge in [-0.1, -0.05) is 97.1 Å². The Kier molecular flexibility index (Phi) is 6.81. The molecular formula is C28H26N2O3. The molecule has 166 valence electrons. The van der Waals surface area contributed by atoms with Crippen molar-refractivity contribution in [2.45, 2.75) is 25.1 Å². The van der Waals surface area contributed by atoms with E-state index in [1.54, 1.807) is 6.08 Å². The molecule has 0 aliphatic heterocycles. The van der Waals surface area contributed by atoms with Crippen LogP contribution >= 0.6 is 0 Å². The molecule has 0 bridgehead atoms. The molecule has 0 aliphatic carbocycles. The van der Waals surface area contributed by atoms with E-state index in [9.17, 15) is 14.7 Å². The highest BCUT2D eigenvalue weighted by Gasteiger charge is 2.25. The summed E-state index contributed by atoms with van der Waals surface area (Å²) in [5.74, 6) is -0.494. The minimum Gasteiger partial charge on any atom is -0.387 e. The third kappa shape index (κ3) is 4.94. The normalized spacial score (nSPS) is 12.8. The van der Waals surface area contributed by atoms with E-state index in [2.05, 4.69) is 6.58 Å². The molecule has 0 radical (unpaired) electrons. The molecule has 0 saturated carbocycles. The van der Waals surface area contributed by atoms with Crippen LogP contribution in [-0.2, 0) is 13.1 Å². The van der Waals surface area contributed by atoms with Crippen LogP contribution in [0.1, 0.15) is 34.3 Å². The molecule has 0 saturated heterocycles. The van der Waals surface area contributed by atoms with Gasteiger partial charge in [-0.05, 0) is 16.7 Å². The highest BCUT2D eigenvalue weighted by atomic mass is 16.3. The number of nitrogens with zero attached hydrogens (tertiary/aromatic N) is 2. The smallest absolute Gasteiger partial charge is 0.331 e. The molecule has 1 N–H and O–H groups in total. The van der Waals surface area contributed by atoms with Crippen molar-refractivity contribution < 1.29 is 5.11 Å². The largest absolute Gasteiger partial charge is 0.387 e. The quantitative estimate of drug-likeness (QED) is 0.421. The van der Waals surface area contributed by atoms with Crippen molar-refractivity contribution in [1.29, 1.82) is 0 Å². The first-order chi connectivity index (χ1) is 16.1. The molecule has 0 amide bonds. The van der Waals surface area contributed by atoms with E-state index >= 15 is 0 Å². The van der Waals surface area contributed by atoms with Crippen LogP contribution in [0.5, 0.6) is 0 Å². The summed E-state index contributed by atoms with van der Waals surface area (Å²) in [7, 11) is 0. The number of aliphatic hydroxyl groups is 1. The van der Waals surface area contributed by atoms with Gasteiger partial charge in [0.2, 0.25) is 0 Å². The van der Waals surface area contributed by atoms with Gasteiger partial charge in [-0.3, -0.25) is 13.9 Å². The SMILES string of the molecule is C=CC(c1ccccc1)C(O)c1cn(Cc2ccccc2)c(=O)n(Cc2ccccc2)c1=O. The summed E-state index contributed by atoms with van der Waals surface area (Å²) in [6, 6.07) is 28.3. The molecule has 3 aromatic carbocycles. The minimum absolute atomic E-state index is 0.123. The predicted molar refractivity (Wildman–Crippen MR) is 130 cm³/mol. The number of hydrogen-bond acceptors (Lipinski definition) is 3. The van der Waals surface area contributed by atoms with E-state index in [0.717, 1.165) is 16.7 Å². The summed E-state index contributed by atoms with van der Waals surface area (Å²) >= 11 is 0. The lowest BCUT2D eigenvalue weighted by Crippen LogP contribution is -2.42. The molecule has 0 aliphatic rings. The van der Waals surface area contributed by atoms with Crippen molar-refractivity contribution in [2.24, 2.45) is 0 Å². The van der Waals surface area contributed by atoms with E-state index in [1.807, 2.05) is 91.0 Å². The van der Waals surface area contributed by atoms with Crippen LogP contribution in [0.15, 0.2) is 119 Å². The number of rotatable bonds is 8. The van der Waals surface area contributed by atoms with E-state index < -0.39 is 23.3 Å². The zero-order valence-electron chi connectivity index (χ0n) is 18.2. The zero-order valence-corrected chi connectivity index (χ0v) is 18.2. The Labute approximate surface area is 192 Å². The van der Waals surface area contributed by atoms with Gasteiger partial charge in [0.25, 0.3) is 5.56 Å². The minimum atomic E-state index is -1.15. The van der Waals surface area contributed by atoms with Crippen molar-refractivity contribution in [3.05, 3.63) is 153 Å². The standard InChI is InChI=1S/C28H26N2O3/c1-2-24(23-16-10-5-11-17-23)26(31)25-20-29(18-21-12-6-3-7-13-21)28(33)30(27(25)32)19-22-14-8-4-9-15-22/h2-17,20,24,26,31H,1,18-19H2. The Morgan fingerprint density at radius 3 is 1.85 bits per heavy atom. The molecular weight excluding hydrogens is 412 g/mol. The molecule has 5 nitrogen and oxygen atoms in total. The Morgan fingerprint density at radius 1 is 0.788 bits per heavy atom. The monoisotopic (exact) mass is 438 g/mol. The van der Waals surface area contributed by atoms with Crippen LogP contribution in [0.25, 0.3) is 0 Å². The van der Waals surface area contributed by atoms with E-state index in [-0.39, 0.29) is 12.1 Å². The summed E-state index contributed by atoms with van der Waals surface area (Å²) in [6.45, 7) is 4.29. The Hall–Kier alpha value is -3.96. The number of aliphatic hydroxyl groups excluding tert-OH is 1. The van der Waals surface area contributed by atoms with Crippen LogP contribution in [-0.4, -0.2) is 14.2 Å². The van der Waals surface area contributed by atoms with Gasteiger partial charge >= 0.3 is 5.69 Å². The van der Waals surface area contributed by atoms with Gasteiger partial charge in [0, 0.05) is 12.1 Å². The first kappa shape index (κ1) is 22.2. The average Bonchev–Trinajstić information content (AvgIpc) is 2.86. The highest BCUT2D eigenvalue weighted by Crippen LogP contribution is 2.30. The van der Waals surface area contributed by atoms with Crippen molar-refractivity contribution in [3.8, 4) is 0 Å². The second-order valence-electron chi connectivity index (χ2n) is 7.97. The van der Waals surface area contributed by atoms with Gasteiger partial charge in [-0.2, -0.15) is 0 Å². The average molecular weight is 439 g/mol. The van der Waals surface area contributed by atoms with E-state index in [0.29, 0.717) is 6.54 Å². The van der Waals surface area contributed by atoms with E-state index in [4.69, 9.17) is 0 Å². The molecule has 2 unspecified atom stereocenters. The van der Waals surface area contributed by atoms with Gasteiger partial charge in [-0.25, -0.2) is 4.79 Å². The Morgan fingerprint density at radius 2 is 1.30 bits per heavy atom. The lowest BCUT2D eigenvalue weighted by Gasteiger charge is -2.22. The molecule has 1 heterocycles. The lowest BCUT2D eigenvalue weighted by molar-refractivity contribution is 0.158. The van der Waals surface area contributed by atoms with E-state index in [1.165, 1.54) is 15.3 Å². The van der Waals surface area contributed by atoms with Crippen molar-refractivity contribution in [2.75, 3.05) is 0 Å². The Balaban J connectivity index is 1.84. The van der Waals surface area contributed by atoms with Gasteiger partial charge in [0.1, 0.15) is 0 Å². The van der Waals surface area contributed by atoms with Crippen LogP contribution in [0, 0.1) is 0 Å². The summed E-state index contributed by atoms with van der Waals surface area (Å²) in [5, 5.41) is 11.3. The number of aromatic nitrogens is 2. The maximum Gasteiger partial charge on any atom is 0.331 e. The molecule has 1 aromatic heterocycles. The molecule has 4 rings (SSSR count). The Bertz CT molecular complexity index is 1330. The topological polar surface area (TPSA) is 64.2 Å². The number of hydrogen-bond donors (Lipinski definition) is 1. The summed E-state index contributed by atoms with van der Waals surface area (Å²) < 4.78 is 2.69. The molecule has 0 spiro atoms. The van der Waals surface area contributed by atoms with Gasteiger partial charge < -0.3 is 5.11 Å². The first-order valence-corrected chi connectivity index (χ1v) is 10.9. The third-order valence-corrected chi connectivity index (χ3v) is 5.74. The second kappa shape index (κ2) is 10.1. The molecule has 5 heteroatoms. The summed E-state index contributed by atoms with van der Waals surface area (Å²) in [5.41, 5.74) is 1.85. The fourth-order valence-corrected chi connectivity index (χ4v) is 3.99. The maximum atomic E-state index is 13.4. The molecule has 0 fully saturated rings. The van der Waals surface area contributed by atoms with Gasteiger partial charge in [-0.15, -0.1) is 6.58 Å². The second-order valence-corrected chi connectivity index (χ2v) is 7.97. The summed E-state index contributed by atoms with van der Waals surface area (Å²) in [4.78, 5) is 26.8. The molecule has 33 heavy (non-hydrogen) atoms. The zero-order chi connectivity index (χ0) is 23.2. The molecule has 2 atom stereocenters. The third-order valence-electron chi connectivity index (χ3n) is 5.74. The first-order valence-electron chi connectivity index (χ1n) is 10.9. The van der Waals surface area contributed by atoms with Gasteiger partial charge in [0.15, 0.2) is 0 Å². The maximum absolute atomic E-state index is 13.4. The highest BCUT2D eigenvalue weighted by molar-refractivity contribution is 5.29. The summed E-state index contributed by atoms with van der Waals surface area (Å²) in [6.07, 6.45) is 1.97.